The van der Waals surface area contributed by atoms with Crippen LogP contribution in [0.1, 0.15) is 25.0 Å². The van der Waals surface area contributed by atoms with E-state index in [0.29, 0.717) is 0 Å². The first-order valence-corrected chi connectivity index (χ1v) is 9.55. The van der Waals surface area contributed by atoms with Gasteiger partial charge in [-0.05, 0) is 74.2 Å². The second-order valence-corrected chi connectivity index (χ2v) is 8.63. The molecular formula is C21H16BrI. The highest BCUT2D eigenvalue weighted by Crippen LogP contribution is 2.49. The Morgan fingerprint density at radius 3 is 2.26 bits per heavy atom. The molecule has 4 rings (SSSR count). The van der Waals surface area contributed by atoms with Crippen LogP contribution in [-0.2, 0) is 5.41 Å². The summed E-state index contributed by atoms with van der Waals surface area (Å²) in [6.07, 6.45) is 0. The topological polar surface area (TPSA) is 0 Å². The fourth-order valence-corrected chi connectivity index (χ4v) is 5.21. The van der Waals surface area contributed by atoms with Gasteiger partial charge in [0.15, 0.2) is 0 Å². The molecule has 2 heteroatoms. The quantitative estimate of drug-likeness (QED) is 0.332. The zero-order valence-electron chi connectivity index (χ0n) is 13.0. The van der Waals surface area contributed by atoms with E-state index in [0.717, 1.165) is 4.47 Å². The van der Waals surface area contributed by atoms with Gasteiger partial charge in [-0.25, -0.2) is 0 Å². The molecule has 0 amide bonds. The van der Waals surface area contributed by atoms with E-state index in [4.69, 9.17) is 0 Å². The number of hydrogen-bond acceptors (Lipinski definition) is 0. The lowest BCUT2D eigenvalue weighted by Gasteiger charge is -2.22. The Bertz CT molecular complexity index is 925. The Labute approximate surface area is 159 Å². The van der Waals surface area contributed by atoms with Gasteiger partial charge in [-0.2, -0.15) is 0 Å². The van der Waals surface area contributed by atoms with Crippen molar-refractivity contribution in [2.75, 3.05) is 0 Å². The summed E-state index contributed by atoms with van der Waals surface area (Å²) in [4.78, 5) is 0. The van der Waals surface area contributed by atoms with E-state index in [1.807, 2.05) is 0 Å². The van der Waals surface area contributed by atoms with Gasteiger partial charge in [-0.15, -0.1) is 0 Å². The number of fused-ring (bicyclic) bond motifs is 3. The summed E-state index contributed by atoms with van der Waals surface area (Å²) in [6.45, 7) is 4.65. The first-order valence-electron chi connectivity index (χ1n) is 7.68. The Balaban J connectivity index is 1.92. The molecule has 0 aromatic heterocycles. The minimum Gasteiger partial charge on any atom is -0.0619 e. The van der Waals surface area contributed by atoms with Crippen LogP contribution in [0.4, 0.5) is 0 Å². The maximum Gasteiger partial charge on any atom is 0.0220 e. The van der Waals surface area contributed by atoms with Crippen molar-refractivity contribution < 1.29 is 0 Å². The van der Waals surface area contributed by atoms with Crippen molar-refractivity contribution in [1.82, 2.24) is 0 Å². The second-order valence-electron chi connectivity index (χ2n) is 6.56. The van der Waals surface area contributed by atoms with Gasteiger partial charge in [-0.3, -0.25) is 0 Å². The number of benzene rings is 3. The van der Waals surface area contributed by atoms with Crippen LogP contribution in [0.2, 0.25) is 0 Å². The highest BCUT2D eigenvalue weighted by molar-refractivity contribution is 14.1. The van der Waals surface area contributed by atoms with Crippen LogP contribution in [0.15, 0.2) is 65.1 Å². The maximum atomic E-state index is 3.55. The van der Waals surface area contributed by atoms with Gasteiger partial charge in [0.1, 0.15) is 0 Å². The minimum atomic E-state index is 0.0583. The van der Waals surface area contributed by atoms with Crippen molar-refractivity contribution >= 4 is 38.5 Å². The van der Waals surface area contributed by atoms with Crippen LogP contribution in [0.5, 0.6) is 0 Å². The monoisotopic (exact) mass is 474 g/mol. The first-order chi connectivity index (χ1) is 11.0. The summed E-state index contributed by atoms with van der Waals surface area (Å²) in [6, 6.07) is 22.2. The van der Waals surface area contributed by atoms with Crippen LogP contribution >= 0.6 is 38.5 Å². The van der Waals surface area contributed by atoms with Gasteiger partial charge >= 0.3 is 0 Å². The van der Waals surface area contributed by atoms with Crippen LogP contribution in [0, 0.1) is 3.57 Å². The molecule has 1 aliphatic carbocycles. The molecule has 0 aliphatic heterocycles. The second kappa shape index (κ2) is 5.45. The predicted octanol–water partition coefficient (Wildman–Crippen LogP) is 7.03. The van der Waals surface area contributed by atoms with Crippen LogP contribution in [0.3, 0.4) is 0 Å². The molecular weight excluding hydrogens is 459 g/mol. The van der Waals surface area contributed by atoms with Crippen molar-refractivity contribution in [1.29, 1.82) is 0 Å². The van der Waals surface area contributed by atoms with Gasteiger partial charge in [0.25, 0.3) is 0 Å². The highest BCUT2D eigenvalue weighted by atomic mass is 127. The lowest BCUT2D eigenvalue weighted by molar-refractivity contribution is 0.660. The standard InChI is InChI=1S/C21H16BrI/c1-21(2)18-6-4-3-5-16(18)17-9-7-13(11-19(17)21)15-10-8-14(22)12-20(15)23/h3-12H,1-2H3. The summed E-state index contributed by atoms with van der Waals surface area (Å²) in [7, 11) is 0. The van der Waals surface area contributed by atoms with Gasteiger partial charge in [0.2, 0.25) is 0 Å². The van der Waals surface area contributed by atoms with Gasteiger partial charge in [0, 0.05) is 13.5 Å². The molecule has 0 heterocycles. The van der Waals surface area contributed by atoms with Crippen molar-refractivity contribution in [3.63, 3.8) is 0 Å². The minimum absolute atomic E-state index is 0.0583. The van der Waals surface area contributed by atoms with Crippen molar-refractivity contribution in [2.45, 2.75) is 19.3 Å². The lowest BCUT2D eigenvalue weighted by atomic mass is 9.81. The number of rotatable bonds is 1. The molecule has 1 aliphatic rings. The van der Waals surface area contributed by atoms with E-state index < -0.39 is 0 Å². The predicted molar refractivity (Wildman–Crippen MR) is 110 cm³/mol. The molecule has 114 valence electrons. The molecule has 0 N–H and O–H groups in total. The summed E-state index contributed by atoms with van der Waals surface area (Å²) >= 11 is 5.97. The van der Waals surface area contributed by atoms with Crippen molar-refractivity contribution in [2.24, 2.45) is 0 Å². The van der Waals surface area contributed by atoms with Crippen LogP contribution in [0.25, 0.3) is 22.3 Å². The third kappa shape index (κ3) is 2.38. The highest BCUT2D eigenvalue weighted by Gasteiger charge is 2.35. The Kier molecular flexibility index (Phi) is 3.65. The number of hydrogen-bond donors (Lipinski definition) is 0. The smallest absolute Gasteiger partial charge is 0.0220 e. The first kappa shape index (κ1) is 15.4. The van der Waals surface area contributed by atoms with E-state index in [2.05, 4.69) is 113 Å². The molecule has 0 saturated heterocycles. The van der Waals surface area contributed by atoms with E-state index >= 15 is 0 Å². The summed E-state index contributed by atoms with van der Waals surface area (Å²) in [5.74, 6) is 0. The third-order valence-electron chi connectivity index (χ3n) is 4.83. The van der Waals surface area contributed by atoms with Crippen molar-refractivity contribution in [3.05, 3.63) is 79.8 Å². The normalized spacial score (nSPS) is 14.4. The van der Waals surface area contributed by atoms with Gasteiger partial charge in [0.05, 0.1) is 0 Å². The fourth-order valence-electron chi connectivity index (χ4n) is 3.60. The van der Waals surface area contributed by atoms with Gasteiger partial charge in [-0.1, -0.05) is 72.2 Å². The Hall–Kier alpha value is -1.13. The molecule has 0 spiro atoms. The van der Waals surface area contributed by atoms with Gasteiger partial charge < -0.3 is 0 Å². The average molecular weight is 475 g/mol. The number of halogens is 2. The van der Waals surface area contributed by atoms with E-state index in [-0.39, 0.29) is 5.41 Å². The molecule has 23 heavy (non-hydrogen) atoms. The molecule has 3 aromatic carbocycles. The van der Waals surface area contributed by atoms with Crippen LogP contribution < -0.4 is 0 Å². The maximum absolute atomic E-state index is 3.55. The molecule has 0 radical (unpaired) electrons. The fraction of sp³-hybridized carbons (Fsp3) is 0.143. The molecule has 0 saturated carbocycles. The van der Waals surface area contributed by atoms with Crippen molar-refractivity contribution in [3.8, 4) is 22.3 Å². The summed E-state index contributed by atoms with van der Waals surface area (Å²) in [5, 5.41) is 0. The van der Waals surface area contributed by atoms with E-state index in [1.165, 1.54) is 37.0 Å². The molecule has 0 bridgehead atoms. The molecule has 0 nitrogen and oxygen atoms in total. The van der Waals surface area contributed by atoms with Crippen LogP contribution in [-0.4, -0.2) is 0 Å². The Morgan fingerprint density at radius 2 is 1.48 bits per heavy atom. The lowest BCUT2D eigenvalue weighted by Crippen LogP contribution is -2.14. The molecule has 0 unspecified atom stereocenters. The molecule has 3 aromatic rings. The van der Waals surface area contributed by atoms with E-state index in [9.17, 15) is 0 Å². The third-order valence-corrected chi connectivity index (χ3v) is 6.21. The molecule has 0 fully saturated rings. The zero-order valence-corrected chi connectivity index (χ0v) is 16.8. The van der Waals surface area contributed by atoms with E-state index in [1.54, 1.807) is 0 Å². The molecule has 0 atom stereocenters. The Morgan fingerprint density at radius 1 is 0.783 bits per heavy atom. The summed E-state index contributed by atoms with van der Waals surface area (Å²) < 4.78 is 2.39. The SMILES string of the molecule is CC1(C)c2ccccc2-c2ccc(-c3ccc(Br)cc3I)cc21. The largest absolute Gasteiger partial charge is 0.0619 e. The summed E-state index contributed by atoms with van der Waals surface area (Å²) in [5.41, 5.74) is 8.26. The zero-order chi connectivity index (χ0) is 16.2. The average Bonchev–Trinajstić information content (AvgIpc) is 2.76.